The van der Waals surface area contributed by atoms with Gasteiger partial charge < -0.3 is 9.84 Å². The summed E-state index contributed by atoms with van der Waals surface area (Å²) in [6, 6.07) is 20.3. The van der Waals surface area contributed by atoms with E-state index in [0.29, 0.717) is 18.6 Å². The molecule has 2 N–H and O–H groups in total. The van der Waals surface area contributed by atoms with Gasteiger partial charge in [-0.2, -0.15) is 4.72 Å². The Hall–Kier alpha value is -3.16. The Morgan fingerprint density at radius 1 is 0.967 bits per heavy atom. The third kappa shape index (κ3) is 4.37. The van der Waals surface area contributed by atoms with Gasteiger partial charge in [-0.1, -0.05) is 48.5 Å². The summed E-state index contributed by atoms with van der Waals surface area (Å²) >= 11 is 0. The number of sulfonamides is 1. The third-order valence-corrected chi connectivity index (χ3v) is 6.55. The van der Waals surface area contributed by atoms with Crippen molar-refractivity contribution in [3.05, 3.63) is 89.5 Å². The first kappa shape index (κ1) is 20.1. The van der Waals surface area contributed by atoms with Crippen LogP contribution < -0.4 is 9.46 Å². The first-order chi connectivity index (χ1) is 14.4. The first-order valence-electron chi connectivity index (χ1n) is 9.60. The van der Waals surface area contributed by atoms with Crippen molar-refractivity contribution >= 4 is 16.0 Å². The minimum Gasteiger partial charge on any atom is -0.480 e. The number of fused-ring (bicyclic) bond motifs is 2. The van der Waals surface area contributed by atoms with Crippen LogP contribution in [0.3, 0.4) is 0 Å². The van der Waals surface area contributed by atoms with Gasteiger partial charge in [-0.05, 0) is 48.2 Å². The molecule has 30 heavy (non-hydrogen) atoms. The van der Waals surface area contributed by atoms with Crippen LogP contribution in [0.4, 0.5) is 0 Å². The highest BCUT2D eigenvalue weighted by Gasteiger charge is 2.27. The quantitative estimate of drug-likeness (QED) is 0.472. The van der Waals surface area contributed by atoms with E-state index in [-0.39, 0.29) is 11.3 Å². The van der Waals surface area contributed by atoms with E-state index in [2.05, 4.69) is 4.72 Å². The fourth-order valence-electron chi connectivity index (χ4n) is 3.48. The molecule has 0 saturated carbocycles. The molecule has 0 fully saturated rings. The van der Waals surface area contributed by atoms with Crippen molar-refractivity contribution in [2.75, 3.05) is 0 Å². The molecule has 1 atom stereocenters. The third-order valence-electron chi connectivity index (χ3n) is 5.08. The number of carboxylic acid groups (broad SMARTS) is 1. The first-order valence-corrected chi connectivity index (χ1v) is 11.1. The van der Waals surface area contributed by atoms with Crippen LogP contribution >= 0.6 is 0 Å². The molecule has 0 unspecified atom stereocenters. The number of nitrogens with one attached hydrogen (secondary N) is 1. The molecule has 1 heterocycles. The van der Waals surface area contributed by atoms with E-state index < -0.39 is 22.0 Å². The van der Waals surface area contributed by atoms with E-state index in [0.717, 1.165) is 22.4 Å². The molecule has 0 saturated heterocycles. The van der Waals surface area contributed by atoms with Crippen LogP contribution in [0.5, 0.6) is 11.5 Å². The molecule has 1 aliphatic heterocycles. The molecule has 7 heteroatoms. The van der Waals surface area contributed by atoms with Gasteiger partial charge >= 0.3 is 5.97 Å². The van der Waals surface area contributed by atoms with Crippen LogP contribution in [0, 0.1) is 0 Å². The average molecular weight is 423 g/mol. The van der Waals surface area contributed by atoms with Gasteiger partial charge in [0.15, 0.2) is 0 Å². The predicted octanol–water partition coefficient (Wildman–Crippen LogP) is 3.75. The van der Waals surface area contributed by atoms with Crippen LogP contribution in [0.1, 0.15) is 23.1 Å². The number of benzene rings is 3. The van der Waals surface area contributed by atoms with E-state index in [9.17, 15) is 18.3 Å². The van der Waals surface area contributed by atoms with E-state index >= 15 is 0 Å². The van der Waals surface area contributed by atoms with E-state index in [1.807, 2.05) is 54.6 Å². The number of rotatable bonds is 7. The molecule has 0 spiro atoms. The van der Waals surface area contributed by atoms with Gasteiger partial charge in [0.25, 0.3) is 0 Å². The number of carbonyl (C=O) groups is 1. The number of aliphatic carboxylic acids is 1. The number of para-hydroxylation sites is 1. The van der Waals surface area contributed by atoms with Gasteiger partial charge in [0.1, 0.15) is 17.5 Å². The summed E-state index contributed by atoms with van der Waals surface area (Å²) in [6.45, 7) is 0. The van der Waals surface area contributed by atoms with Crippen molar-refractivity contribution in [3.8, 4) is 11.5 Å². The summed E-state index contributed by atoms with van der Waals surface area (Å²) in [5, 5.41) is 9.52. The Morgan fingerprint density at radius 2 is 1.67 bits per heavy atom. The monoisotopic (exact) mass is 423 g/mol. The number of ether oxygens (including phenoxy) is 1. The molecular formula is C23H21NO5S. The number of hydrogen-bond acceptors (Lipinski definition) is 4. The Balaban J connectivity index is 1.52. The molecule has 0 aromatic heterocycles. The van der Waals surface area contributed by atoms with Crippen LogP contribution in [0.25, 0.3) is 0 Å². The lowest BCUT2D eigenvalue weighted by Crippen LogP contribution is -2.41. The Kier molecular flexibility index (Phi) is 5.57. The molecule has 0 amide bonds. The maximum atomic E-state index is 12.9. The fourth-order valence-corrected chi connectivity index (χ4v) is 4.75. The maximum absolute atomic E-state index is 12.9. The standard InChI is InChI=1S/C23H21NO5S/c25-23(26)20(12-10-16-6-2-1-3-7-16)24-30(27,28)19-11-13-22-18(15-19)14-17-8-4-5-9-21(17)29-22/h1-9,11,13,15,20,24H,10,12,14H2,(H,25,26)/t20-/m0/s1. The lowest BCUT2D eigenvalue weighted by molar-refractivity contribution is -0.139. The van der Waals surface area contributed by atoms with Crippen molar-refractivity contribution in [2.45, 2.75) is 30.2 Å². The van der Waals surface area contributed by atoms with Gasteiger partial charge in [-0.15, -0.1) is 0 Å². The minimum atomic E-state index is -4.01. The van der Waals surface area contributed by atoms with Crippen molar-refractivity contribution < 1.29 is 23.1 Å². The molecule has 1 aliphatic rings. The average Bonchev–Trinajstić information content (AvgIpc) is 2.75. The predicted molar refractivity (Wildman–Crippen MR) is 112 cm³/mol. The maximum Gasteiger partial charge on any atom is 0.321 e. The molecule has 6 nitrogen and oxygen atoms in total. The molecule has 0 radical (unpaired) electrons. The molecule has 4 rings (SSSR count). The van der Waals surface area contributed by atoms with Gasteiger partial charge in [0.2, 0.25) is 10.0 Å². The lowest BCUT2D eigenvalue weighted by atomic mass is 10.0. The van der Waals surface area contributed by atoms with E-state index in [4.69, 9.17) is 4.74 Å². The van der Waals surface area contributed by atoms with Gasteiger partial charge in [-0.25, -0.2) is 8.42 Å². The summed E-state index contributed by atoms with van der Waals surface area (Å²) in [6.07, 6.45) is 1.15. The molecule has 154 valence electrons. The smallest absolute Gasteiger partial charge is 0.321 e. The second-order valence-corrected chi connectivity index (χ2v) is 8.91. The zero-order chi connectivity index (χ0) is 21.1. The summed E-state index contributed by atoms with van der Waals surface area (Å²) in [5.41, 5.74) is 2.67. The Labute approximate surface area is 175 Å². The van der Waals surface area contributed by atoms with Gasteiger partial charge in [0.05, 0.1) is 4.90 Å². The topological polar surface area (TPSA) is 92.7 Å². The fraction of sp³-hybridized carbons (Fsp3) is 0.174. The highest BCUT2D eigenvalue weighted by atomic mass is 32.2. The number of carboxylic acids is 1. The van der Waals surface area contributed by atoms with Crippen LogP contribution in [0.15, 0.2) is 77.7 Å². The van der Waals surface area contributed by atoms with Crippen molar-refractivity contribution in [3.63, 3.8) is 0 Å². The van der Waals surface area contributed by atoms with E-state index in [1.54, 1.807) is 12.1 Å². The van der Waals surface area contributed by atoms with Crippen molar-refractivity contribution in [1.82, 2.24) is 4.72 Å². The van der Waals surface area contributed by atoms with Crippen LogP contribution in [-0.2, 0) is 27.7 Å². The zero-order valence-electron chi connectivity index (χ0n) is 16.1. The van der Waals surface area contributed by atoms with Crippen molar-refractivity contribution in [1.29, 1.82) is 0 Å². The number of aryl methyl sites for hydroxylation is 1. The zero-order valence-corrected chi connectivity index (χ0v) is 16.9. The highest BCUT2D eigenvalue weighted by molar-refractivity contribution is 7.89. The second kappa shape index (κ2) is 8.30. The SMILES string of the molecule is O=C(O)[C@H](CCc1ccccc1)NS(=O)(=O)c1ccc2c(c1)Cc1ccccc1O2. The molecule has 3 aromatic carbocycles. The number of hydrogen-bond donors (Lipinski definition) is 2. The molecule has 3 aromatic rings. The Bertz CT molecular complexity index is 1180. The van der Waals surface area contributed by atoms with Crippen molar-refractivity contribution in [2.24, 2.45) is 0 Å². The summed E-state index contributed by atoms with van der Waals surface area (Å²) in [5.74, 6) is 0.154. The van der Waals surface area contributed by atoms with Gasteiger partial charge in [-0.3, -0.25) is 4.79 Å². The summed E-state index contributed by atoms with van der Waals surface area (Å²) in [7, 11) is -4.01. The normalized spacial score (nSPS) is 13.6. The second-order valence-electron chi connectivity index (χ2n) is 7.19. The molecular weight excluding hydrogens is 402 g/mol. The van der Waals surface area contributed by atoms with E-state index in [1.165, 1.54) is 6.07 Å². The summed E-state index contributed by atoms with van der Waals surface area (Å²) in [4.78, 5) is 11.7. The molecule has 0 aliphatic carbocycles. The minimum absolute atomic E-state index is 0.0233. The Morgan fingerprint density at radius 3 is 2.43 bits per heavy atom. The largest absolute Gasteiger partial charge is 0.480 e. The van der Waals surface area contributed by atoms with Crippen LogP contribution in [0.2, 0.25) is 0 Å². The van der Waals surface area contributed by atoms with Gasteiger partial charge in [0, 0.05) is 12.0 Å². The summed E-state index contributed by atoms with van der Waals surface area (Å²) < 4.78 is 33.9. The van der Waals surface area contributed by atoms with Crippen LogP contribution in [-0.4, -0.2) is 25.5 Å². The highest BCUT2D eigenvalue weighted by Crippen LogP contribution is 2.37. The molecule has 0 bridgehead atoms. The lowest BCUT2D eigenvalue weighted by Gasteiger charge is -2.21.